The van der Waals surface area contributed by atoms with E-state index in [0.29, 0.717) is 11.7 Å². The summed E-state index contributed by atoms with van der Waals surface area (Å²) in [7, 11) is 0. The van der Waals surface area contributed by atoms with E-state index in [2.05, 4.69) is 55.5 Å². The fraction of sp³-hybridized carbons (Fsp3) is 0.450. The molecule has 5 rings (SSSR count). The maximum absolute atomic E-state index is 13.2. The summed E-state index contributed by atoms with van der Waals surface area (Å²) in [5, 5.41) is 13.9. The van der Waals surface area contributed by atoms with Crippen molar-refractivity contribution in [1.29, 1.82) is 0 Å². The molecule has 1 amide bonds. The first-order chi connectivity index (χ1) is 13.8. The maximum Gasteiger partial charge on any atom is 0.233 e. The predicted octanol–water partition coefficient (Wildman–Crippen LogP) is 4.56. The Morgan fingerprint density at radius 2 is 2.14 bits per heavy atom. The number of amides is 1. The van der Waals surface area contributed by atoms with Crippen molar-refractivity contribution < 1.29 is 4.79 Å². The molecule has 3 aromatic heterocycles. The SMILES string of the molecule is CCn1c(SCC(=O)N2CCc3sccc3C2c2cccs2)nnc1C1CC1. The molecule has 1 atom stereocenters. The molecule has 1 saturated carbocycles. The van der Waals surface area contributed by atoms with E-state index in [1.54, 1.807) is 22.7 Å². The monoisotopic (exact) mass is 430 g/mol. The quantitative estimate of drug-likeness (QED) is 0.538. The van der Waals surface area contributed by atoms with E-state index < -0.39 is 0 Å². The van der Waals surface area contributed by atoms with Crippen molar-refractivity contribution in [3.05, 3.63) is 50.1 Å². The van der Waals surface area contributed by atoms with Crippen molar-refractivity contribution in [2.45, 2.75) is 49.8 Å². The zero-order chi connectivity index (χ0) is 19.1. The number of thiophene rings is 2. The topological polar surface area (TPSA) is 51.0 Å². The summed E-state index contributed by atoms with van der Waals surface area (Å²) in [6.07, 6.45) is 3.37. The van der Waals surface area contributed by atoms with Crippen LogP contribution in [0.1, 0.15) is 52.9 Å². The van der Waals surface area contributed by atoms with E-state index in [4.69, 9.17) is 0 Å². The van der Waals surface area contributed by atoms with Gasteiger partial charge < -0.3 is 9.47 Å². The molecule has 0 radical (unpaired) electrons. The molecule has 1 aliphatic carbocycles. The average molecular weight is 431 g/mol. The molecule has 146 valence electrons. The second-order valence-electron chi connectivity index (χ2n) is 7.20. The average Bonchev–Trinajstić information content (AvgIpc) is 3.14. The van der Waals surface area contributed by atoms with Crippen molar-refractivity contribution in [3.8, 4) is 0 Å². The molecule has 5 nitrogen and oxygen atoms in total. The third kappa shape index (κ3) is 3.31. The van der Waals surface area contributed by atoms with Crippen molar-refractivity contribution in [2.24, 2.45) is 0 Å². The van der Waals surface area contributed by atoms with Gasteiger partial charge in [-0.3, -0.25) is 4.79 Å². The number of carbonyl (C=O) groups is 1. The lowest BCUT2D eigenvalue weighted by molar-refractivity contribution is -0.130. The first-order valence-electron chi connectivity index (χ1n) is 9.71. The summed E-state index contributed by atoms with van der Waals surface area (Å²) in [5.41, 5.74) is 1.30. The predicted molar refractivity (Wildman–Crippen MR) is 114 cm³/mol. The summed E-state index contributed by atoms with van der Waals surface area (Å²) in [4.78, 5) is 17.9. The van der Waals surface area contributed by atoms with Gasteiger partial charge in [0.25, 0.3) is 0 Å². The maximum atomic E-state index is 13.2. The molecule has 0 spiro atoms. The highest BCUT2D eigenvalue weighted by Gasteiger charge is 2.34. The van der Waals surface area contributed by atoms with Gasteiger partial charge in [0, 0.05) is 28.8 Å². The Morgan fingerprint density at radius 1 is 1.25 bits per heavy atom. The lowest BCUT2D eigenvalue weighted by Gasteiger charge is -2.35. The fourth-order valence-electron chi connectivity index (χ4n) is 3.90. The minimum atomic E-state index is 0.0502. The Morgan fingerprint density at radius 3 is 2.89 bits per heavy atom. The lowest BCUT2D eigenvalue weighted by atomic mass is 9.98. The lowest BCUT2D eigenvalue weighted by Crippen LogP contribution is -2.40. The van der Waals surface area contributed by atoms with Crippen LogP contribution < -0.4 is 0 Å². The van der Waals surface area contributed by atoms with E-state index in [-0.39, 0.29) is 11.9 Å². The second kappa shape index (κ2) is 7.65. The number of aromatic nitrogens is 3. The minimum Gasteiger partial charge on any atom is -0.330 e. The molecule has 1 aliphatic heterocycles. The minimum absolute atomic E-state index is 0.0502. The molecular weight excluding hydrogens is 408 g/mol. The van der Waals surface area contributed by atoms with Crippen LogP contribution in [0.3, 0.4) is 0 Å². The van der Waals surface area contributed by atoms with Crippen LogP contribution in [0.4, 0.5) is 0 Å². The third-order valence-corrected chi connectivity index (χ3v) is 8.30. The molecule has 4 heterocycles. The number of hydrogen-bond donors (Lipinski definition) is 0. The van der Waals surface area contributed by atoms with Crippen LogP contribution in [0.2, 0.25) is 0 Å². The van der Waals surface area contributed by atoms with Crippen LogP contribution >= 0.6 is 34.4 Å². The van der Waals surface area contributed by atoms with Crippen LogP contribution in [0.25, 0.3) is 0 Å². The van der Waals surface area contributed by atoms with Gasteiger partial charge in [-0.1, -0.05) is 17.8 Å². The number of carbonyl (C=O) groups excluding carboxylic acids is 1. The molecular formula is C20H22N4OS3. The Bertz CT molecular complexity index is 974. The van der Waals surface area contributed by atoms with E-state index >= 15 is 0 Å². The Hall–Kier alpha value is -1.64. The number of fused-ring (bicyclic) bond motifs is 1. The Balaban J connectivity index is 1.35. The van der Waals surface area contributed by atoms with Gasteiger partial charge in [0.15, 0.2) is 5.16 Å². The largest absolute Gasteiger partial charge is 0.330 e. The third-order valence-electron chi connectivity index (χ3n) is 5.43. The molecule has 0 aromatic carbocycles. The zero-order valence-electron chi connectivity index (χ0n) is 15.7. The molecule has 28 heavy (non-hydrogen) atoms. The Kier molecular flexibility index (Phi) is 5.02. The number of thioether (sulfide) groups is 1. The van der Waals surface area contributed by atoms with Crippen LogP contribution in [-0.4, -0.2) is 37.9 Å². The normalized spacial score (nSPS) is 19.0. The molecule has 0 saturated heterocycles. The highest BCUT2D eigenvalue weighted by atomic mass is 32.2. The molecule has 8 heteroatoms. The Labute approximate surface area is 176 Å². The number of nitrogens with zero attached hydrogens (tertiary/aromatic N) is 4. The van der Waals surface area contributed by atoms with Gasteiger partial charge in [0.2, 0.25) is 5.91 Å². The number of hydrogen-bond acceptors (Lipinski definition) is 6. The van der Waals surface area contributed by atoms with Gasteiger partial charge >= 0.3 is 0 Å². The number of rotatable bonds is 6. The molecule has 0 bridgehead atoms. The van der Waals surface area contributed by atoms with Gasteiger partial charge in [-0.05, 0) is 54.6 Å². The van der Waals surface area contributed by atoms with Gasteiger partial charge in [0.05, 0.1) is 11.8 Å². The molecule has 2 aliphatic rings. The van der Waals surface area contributed by atoms with Crippen molar-refractivity contribution in [3.63, 3.8) is 0 Å². The zero-order valence-corrected chi connectivity index (χ0v) is 18.2. The van der Waals surface area contributed by atoms with E-state index in [1.165, 1.54) is 39.9 Å². The van der Waals surface area contributed by atoms with E-state index in [9.17, 15) is 4.79 Å². The summed E-state index contributed by atoms with van der Waals surface area (Å²) < 4.78 is 2.18. The molecule has 1 fully saturated rings. The van der Waals surface area contributed by atoms with Crippen molar-refractivity contribution in [2.75, 3.05) is 12.3 Å². The smallest absolute Gasteiger partial charge is 0.233 e. The standard InChI is InChI=1S/C20H22N4OS3/c1-2-23-19(13-5-6-13)21-22-20(23)28-12-17(25)24-9-7-15-14(8-11-27-15)18(24)16-4-3-10-26-16/h3-4,8,10-11,13,18H,2,5-7,9,12H2,1H3. The summed E-state index contributed by atoms with van der Waals surface area (Å²) >= 11 is 5.06. The van der Waals surface area contributed by atoms with Crippen molar-refractivity contribution >= 4 is 40.3 Å². The van der Waals surface area contributed by atoms with E-state index in [1.807, 2.05) is 0 Å². The second-order valence-corrected chi connectivity index (χ2v) is 10.1. The summed E-state index contributed by atoms with van der Waals surface area (Å²) in [5.74, 6) is 2.25. The van der Waals surface area contributed by atoms with Crippen molar-refractivity contribution in [1.82, 2.24) is 19.7 Å². The molecule has 1 unspecified atom stereocenters. The summed E-state index contributed by atoms with van der Waals surface area (Å²) in [6, 6.07) is 6.45. The van der Waals surface area contributed by atoms with Gasteiger partial charge in [-0.25, -0.2) is 0 Å². The fourth-order valence-corrected chi connectivity index (χ4v) is 6.55. The molecule has 0 N–H and O–H groups in total. The first-order valence-corrected chi connectivity index (χ1v) is 12.5. The van der Waals surface area contributed by atoms with Crippen LogP contribution in [0.5, 0.6) is 0 Å². The van der Waals surface area contributed by atoms with Gasteiger partial charge in [0.1, 0.15) is 5.82 Å². The first kappa shape index (κ1) is 18.4. The van der Waals surface area contributed by atoms with Gasteiger partial charge in [-0.15, -0.1) is 32.9 Å². The summed E-state index contributed by atoms with van der Waals surface area (Å²) in [6.45, 7) is 3.76. The van der Waals surface area contributed by atoms with Crippen LogP contribution in [0.15, 0.2) is 34.1 Å². The van der Waals surface area contributed by atoms with Gasteiger partial charge in [-0.2, -0.15) is 0 Å². The highest BCUT2D eigenvalue weighted by Crippen LogP contribution is 2.41. The van der Waals surface area contributed by atoms with Crippen LogP contribution in [-0.2, 0) is 17.8 Å². The molecule has 3 aromatic rings. The highest BCUT2D eigenvalue weighted by molar-refractivity contribution is 7.99. The van der Waals surface area contributed by atoms with Crippen LogP contribution in [0, 0.1) is 0 Å². The van der Waals surface area contributed by atoms with E-state index in [0.717, 1.165) is 30.5 Å².